The van der Waals surface area contributed by atoms with E-state index in [2.05, 4.69) is 36.1 Å². The molecule has 0 atom stereocenters. The van der Waals surface area contributed by atoms with Crippen LogP contribution in [0.25, 0.3) is 0 Å². The number of aryl methyl sites for hydroxylation is 1. The number of hydrogen-bond donors (Lipinski definition) is 1. The summed E-state index contributed by atoms with van der Waals surface area (Å²) < 4.78 is 5.88. The first-order valence-electron chi connectivity index (χ1n) is 5.98. The zero-order valence-corrected chi connectivity index (χ0v) is 13.8. The van der Waals surface area contributed by atoms with E-state index in [0.717, 1.165) is 15.3 Å². The van der Waals surface area contributed by atoms with Crippen LogP contribution in [-0.4, -0.2) is 27.8 Å². The summed E-state index contributed by atoms with van der Waals surface area (Å²) >= 11 is 4.77. The van der Waals surface area contributed by atoms with Gasteiger partial charge in [-0.05, 0) is 22.9 Å². The van der Waals surface area contributed by atoms with Gasteiger partial charge in [0.15, 0.2) is 0 Å². The van der Waals surface area contributed by atoms with Gasteiger partial charge in [0, 0.05) is 4.88 Å². The predicted octanol–water partition coefficient (Wildman–Crippen LogP) is 1.56. The van der Waals surface area contributed by atoms with Gasteiger partial charge in [-0.15, -0.1) is 11.3 Å². The Morgan fingerprint density at radius 3 is 2.95 bits per heavy atom. The number of aromatic nitrogens is 3. The molecule has 7 nitrogen and oxygen atoms in total. The molecule has 0 unspecified atom stereocenters. The number of anilines is 1. The summed E-state index contributed by atoms with van der Waals surface area (Å²) in [4.78, 5) is 28.5. The Kier molecular flexibility index (Phi) is 5.07. The third kappa shape index (κ3) is 3.67. The minimum Gasteiger partial charge on any atom is -0.468 e. The highest BCUT2D eigenvalue weighted by Crippen LogP contribution is 2.19. The maximum absolute atomic E-state index is 12.1. The topological polar surface area (TPSA) is 86.1 Å². The maximum atomic E-state index is 12.1. The molecule has 0 spiro atoms. The highest BCUT2D eigenvalue weighted by atomic mass is 79.9. The Bertz CT molecular complexity index is 713. The van der Waals surface area contributed by atoms with Crippen molar-refractivity contribution in [2.45, 2.75) is 20.0 Å². The Labute approximate surface area is 133 Å². The molecule has 0 aliphatic rings. The van der Waals surface area contributed by atoms with Crippen molar-refractivity contribution in [2.24, 2.45) is 0 Å². The molecule has 1 N–H and O–H groups in total. The van der Waals surface area contributed by atoms with Crippen LogP contribution in [0.4, 0.5) is 5.69 Å². The zero-order chi connectivity index (χ0) is 15.4. The minimum atomic E-state index is -0.530. The van der Waals surface area contributed by atoms with Gasteiger partial charge in [-0.1, -0.05) is 0 Å². The number of esters is 1. The number of hydrogen-bond acceptors (Lipinski definition) is 7. The first kappa shape index (κ1) is 15.6. The number of thiazole rings is 1. The van der Waals surface area contributed by atoms with E-state index in [4.69, 9.17) is 0 Å². The number of carbonyl (C=O) groups excluding carboxylic acids is 1. The molecule has 0 amide bonds. The lowest BCUT2D eigenvalue weighted by atomic mass is 10.3. The van der Waals surface area contributed by atoms with Crippen molar-refractivity contribution >= 4 is 38.9 Å². The quantitative estimate of drug-likeness (QED) is 0.801. The van der Waals surface area contributed by atoms with Crippen molar-refractivity contribution in [1.29, 1.82) is 0 Å². The Morgan fingerprint density at radius 2 is 2.33 bits per heavy atom. The van der Waals surface area contributed by atoms with E-state index in [-0.39, 0.29) is 6.54 Å². The van der Waals surface area contributed by atoms with E-state index in [1.54, 1.807) is 5.51 Å². The highest BCUT2D eigenvalue weighted by Gasteiger charge is 2.12. The van der Waals surface area contributed by atoms with Crippen LogP contribution >= 0.6 is 27.3 Å². The predicted molar refractivity (Wildman–Crippen MR) is 82.4 cm³/mol. The second-order valence-electron chi connectivity index (χ2n) is 4.13. The van der Waals surface area contributed by atoms with E-state index in [9.17, 15) is 9.59 Å². The zero-order valence-electron chi connectivity index (χ0n) is 11.4. The number of rotatable bonds is 5. The van der Waals surface area contributed by atoms with Crippen LogP contribution in [0.15, 0.2) is 21.0 Å². The number of nitrogens with one attached hydrogen (secondary N) is 1. The van der Waals surface area contributed by atoms with Crippen molar-refractivity contribution in [3.05, 3.63) is 37.1 Å². The lowest BCUT2D eigenvalue weighted by Gasteiger charge is -2.09. The molecule has 2 rings (SSSR count). The molecule has 21 heavy (non-hydrogen) atoms. The number of ether oxygens (including phenoxy) is 1. The van der Waals surface area contributed by atoms with Crippen molar-refractivity contribution in [2.75, 3.05) is 12.4 Å². The second-order valence-corrected chi connectivity index (χ2v) is 5.86. The third-order valence-corrected chi connectivity index (χ3v) is 4.48. The molecule has 0 aliphatic heterocycles. The summed E-state index contributed by atoms with van der Waals surface area (Å²) in [5.41, 5.74) is 2.89. The summed E-state index contributed by atoms with van der Waals surface area (Å²) in [6, 6.07) is 0. The summed E-state index contributed by atoms with van der Waals surface area (Å²) in [5, 5.41) is 7.07. The summed E-state index contributed by atoms with van der Waals surface area (Å²) in [6.45, 7) is 2.26. The van der Waals surface area contributed by atoms with Crippen LogP contribution in [0.2, 0.25) is 0 Å². The Hall–Kier alpha value is -1.74. The number of methoxy groups -OCH3 is 1. The van der Waals surface area contributed by atoms with E-state index in [1.165, 1.54) is 24.6 Å². The molecule has 2 heterocycles. The normalized spacial score (nSPS) is 10.4. The lowest BCUT2D eigenvalue weighted by molar-refractivity contribution is -0.141. The molecule has 0 aliphatic carbocycles. The van der Waals surface area contributed by atoms with Gasteiger partial charge in [0.2, 0.25) is 0 Å². The van der Waals surface area contributed by atoms with Crippen molar-refractivity contribution in [3.8, 4) is 0 Å². The van der Waals surface area contributed by atoms with Crippen LogP contribution in [0, 0.1) is 6.92 Å². The van der Waals surface area contributed by atoms with E-state index < -0.39 is 11.5 Å². The summed E-state index contributed by atoms with van der Waals surface area (Å²) in [6.07, 6.45) is 1.49. The van der Waals surface area contributed by atoms with Crippen LogP contribution < -0.4 is 10.9 Å². The van der Waals surface area contributed by atoms with E-state index >= 15 is 0 Å². The molecule has 112 valence electrons. The van der Waals surface area contributed by atoms with Gasteiger partial charge in [-0.3, -0.25) is 9.59 Å². The molecule has 0 aromatic carbocycles. The maximum Gasteiger partial charge on any atom is 0.327 e. The Balaban J connectivity index is 2.15. The molecular weight excluding hydrogens is 360 g/mol. The molecule has 9 heteroatoms. The fourth-order valence-electron chi connectivity index (χ4n) is 1.56. The first-order valence-corrected chi connectivity index (χ1v) is 7.65. The van der Waals surface area contributed by atoms with Gasteiger partial charge in [0.05, 0.1) is 36.7 Å². The van der Waals surface area contributed by atoms with Crippen LogP contribution in [0.3, 0.4) is 0 Å². The standard InChI is InChI=1S/C12H13BrN4O3S/c1-7-9(21-6-15-7)4-14-8-3-16-17(5-10(18)20-2)12(19)11(8)13/h3,6,14H,4-5H2,1-2H3. The lowest BCUT2D eigenvalue weighted by Crippen LogP contribution is -2.28. The largest absolute Gasteiger partial charge is 0.468 e. The second kappa shape index (κ2) is 6.81. The third-order valence-electron chi connectivity index (χ3n) is 2.78. The van der Waals surface area contributed by atoms with Crippen molar-refractivity contribution < 1.29 is 9.53 Å². The molecule has 0 fully saturated rings. The van der Waals surface area contributed by atoms with Crippen molar-refractivity contribution in [1.82, 2.24) is 14.8 Å². The molecule has 2 aromatic rings. The van der Waals surface area contributed by atoms with E-state index in [1.807, 2.05) is 6.92 Å². The molecule has 0 saturated carbocycles. The average Bonchev–Trinajstić information content (AvgIpc) is 2.88. The minimum absolute atomic E-state index is 0.220. The van der Waals surface area contributed by atoms with Gasteiger partial charge >= 0.3 is 5.97 Å². The van der Waals surface area contributed by atoms with E-state index in [0.29, 0.717) is 16.7 Å². The average molecular weight is 373 g/mol. The van der Waals surface area contributed by atoms with Gasteiger partial charge < -0.3 is 10.1 Å². The summed E-state index contributed by atoms with van der Waals surface area (Å²) in [7, 11) is 1.26. The van der Waals surface area contributed by atoms with Gasteiger partial charge in [0.25, 0.3) is 5.56 Å². The van der Waals surface area contributed by atoms with Crippen LogP contribution in [-0.2, 0) is 22.6 Å². The highest BCUT2D eigenvalue weighted by molar-refractivity contribution is 9.10. The van der Waals surface area contributed by atoms with Gasteiger partial charge in [0.1, 0.15) is 11.0 Å². The fraction of sp³-hybridized carbons (Fsp3) is 0.333. The van der Waals surface area contributed by atoms with Crippen molar-refractivity contribution in [3.63, 3.8) is 0 Å². The molecule has 0 bridgehead atoms. The first-order chi connectivity index (χ1) is 10.0. The molecule has 0 saturated heterocycles. The monoisotopic (exact) mass is 372 g/mol. The van der Waals surface area contributed by atoms with Gasteiger partial charge in [-0.2, -0.15) is 5.10 Å². The SMILES string of the molecule is COC(=O)Cn1ncc(NCc2scnc2C)c(Br)c1=O. The number of nitrogens with zero attached hydrogens (tertiary/aromatic N) is 3. The number of carbonyl (C=O) groups is 1. The molecule has 2 aromatic heterocycles. The van der Waals surface area contributed by atoms with Crippen LogP contribution in [0.1, 0.15) is 10.6 Å². The molecular formula is C12H13BrN4O3S. The van der Waals surface area contributed by atoms with Crippen LogP contribution in [0.5, 0.6) is 0 Å². The summed E-state index contributed by atoms with van der Waals surface area (Å²) in [5.74, 6) is -0.530. The smallest absolute Gasteiger partial charge is 0.327 e. The fourth-order valence-corrected chi connectivity index (χ4v) is 2.72. The Morgan fingerprint density at radius 1 is 1.57 bits per heavy atom. The molecule has 0 radical (unpaired) electrons. The number of halogens is 1. The van der Waals surface area contributed by atoms with Gasteiger partial charge in [-0.25, -0.2) is 9.67 Å².